The van der Waals surface area contributed by atoms with Gasteiger partial charge in [-0.15, -0.1) is 11.8 Å². The van der Waals surface area contributed by atoms with E-state index in [0.29, 0.717) is 0 Å². The molecule has 0 aliphatic carbocycles. The number of rotatable bonds is 5. The summed E-state index contributed by atoms with van der Waals surface area (Å²) in [5.41, 5.74) is 0.103. The van der Waals surface area contributed by atoms with Gasteiger partial charge in [-0.3, -0.25) is 4.90 Å². The lowest BCUT2D eigenvalue weighted by atomic mass is 10.3. The number of pyridine rings is 1. The smallest absolute Gasteiger partial charge is 0.354 e. The molecule has 2 rings (SSSR count). The monoisotopic (exact) mass is 268 g/mol. The first-order valence-corrected chi connectivity index (χ1v) is 6.86. The van der Waals surface area contributed by atoms with Gasteiger partial charge >= 0.3 is 5.97 Å². The summed E-state index contributed by atoms with van der Waals surface area (Å²) in [6.07, 6.45) is 1.54. The number of thioether (sulfide) groups is 1. The number of ether oxygens (including phenoxy) is 1. The molecule has 1 aromatic heterocycles. The summed E-state index contributed by atoms with van der Waals surface area (Å²) in [7, 11) is 0. The lowest BCUT2D eigenvalue weighted by Crippen LogP contribution is -2.37. The summed E-state index contributed by atoms with van der Waals surface area (Å²) in [6.45, 7) is 4.58. The molecule has 2 heterocycles. The van der Waals surface area contributed by atoms with Gasteiger partial charge in [-0.05, 0) is 12.1 Å². The second kappa shape index (κ2) is 6.72. The van der Waals surface area contributed by atoms with Crippen molar-refractivity contribution in [3.8, 4) is 0 Å². The van der Waals surface area contributed by atoms with Crippen molar-refractivity contribution in [2.75, 3.05) is 38.6 Å². The van der Waals surface area contributed by atoms with Crippen LogP contribution in [0.4, 0.5) is 0 Å². The molecule has 0 amide bonds. The van der Waals surface area contributed by atoms with E-state index in [-0.39, 0.29) is 5.69 Å². The molecule has 0 bridgehead atoms. The lowest BCUT2D eigenvalue weighted by molar-refractivity contribution is 0.0410. The molecule has 0 radical (unpaired) electrons. The van der Waals surface area contributed by atoms with Crippen molar-refractivity contribution in [3.05, 3.63) is 24.0 Å². The number of nitrogens with zero attached hydrogens (tertiary/aromatic N) is 2. The normalized spacial score (nSPS) is 16.7. The molecule has 1 aliphatic rings. The van der Waals surface area contributed by atoms with Gasteiger partial charge in [0.25, 0.3) is 0 Å². The summed E-state index contributed by atoms with van der Waals surface area (Å²) < 4.78 is 5.28. The Hall–Kier alpha value is -1.11. The van der Waals surface area contributed by atoms with Crippen molar-refractivity contribution in [1.82, 2.24) is 9.88 Å². The summed E-state index contributed by atoms with van der Waals surface area (Å²) in [4.78, 5) is 17.9. The largest absolute Gasteiger partial charge is 0.477 e. The number of morpholine rings is 1. The van der Waals surface area contributed by atoms with Crippen LogP contribution in [-0.4, -0.2) is 59.6 Å². The summed E-state index contributed by atoms with van der Waals surface area (Å²) in [5.74, 6) is -0.0334. The van der Waals surface area contributed by atoms with E-state index < -0.39 is 5.97 Å². The summed E-state index contributed by atoms with van der Waals surface area (Å²) in [6, 6.07) is 3.46. The van der Waals surface area contributed by atoms with Crippen LogP contribution in [0.5, 0.6) is 0 Å². The van der Waals surface area contributed by atoms with Crippen molar-refractivity contribution in [1.29, 1.82) is 0 Å². The van der Waals surface area contributed by atoms with Crippen molar-refractivity contribution in [2.24, 2.45) is 0 Å². The van der Waals surface area contributed by atoms with Crippen LogP contribution in [0, 0.1) is 0 Å². The predicted octanol–water partition coefficient (Wildman–Crippen LogP) is 1.20. The number of aromatic nitrogens is 1. The Morgan fingerprint density at radius 1 is 1.50 bits per heavy atom. The van der Waals surface area contributed by atoms with Crippen molar-refractivity contribution < 1.29 is 14.6 Å². The maximum absolute atomic E-state index is 10.8. The molecule has 0 unspecified atom stereocenters. The highest BCUT2D eigenvalue weighted by atomic mass is 32.2. The second-order valence-electron chi connectivity index (χ2n) is 3.98. The molecule has 1 fully saturated rings. The summed E-state index contributed by atoms with van der Waals surface area (Å²) >= 11 is 1.66. The molecule has 1 saturated heterocycles. The van der Waals surface area contributed by atoms with Gasteiger partial charge < -0.3 is 9.84 Å². The second-order valence-corrected chi connectivity index (χ2v) is 5.15. The van der Waals surface area contributed by atoms with Crippen LogP contribution in [0.25, 0.3) is 0 Å². The highest BCUT2D eigenvalue weighted by molar-refractivity contribution is 7.99. The minimum absolute atomic E-state index is 0.103. The van der Waals surface area contributed by atoms with E-state index >= 15 is 0 Å². The lowest BCUT2D eigenvalue weighted by Gasteiger charge is -2.26. The first-order valence-electron chi connectivity index (χ1n) is 5.88. The molecule has 5 nitrogen and oxygen atoms in total. The van der Waals surface area contributed by atoms with Crippen LogP contribution in [0.3, 0.4) is 0 Å². The van der Waals surface area contributed by atoms with Gasteiger partial charge in [-0.25, -0.2) is 9.78 Å². The van der Waals surface area contributed by atoms with E-state index in [2.05, 4.69) is 9.88 Å². The molecule has 1 N–H and O–H groups in total. The topological polar surface area (TPSA) is 62.7 Å². The Morgan fingerprint density at radius 2 is 2.28 bits per heavy atom. The van der Waals surface area contributed by atoms with Gasteiger partial charge in [0.15, 0.2) is 0 Å². The average Bonchev–Trinajstić information content (AvgIpc) is 2.40. The maximum atomic E-state index is 10.8. The molecule has 0 atom stereocenters. The molecule has 0 aromatic carbocycles. The van der Waals surface area contributed by atoms with Crippen molar-refractivity contribution in [2.45, 2.75) is 4.90 Å². The zero-order valence-corrected chi connectivity index (χ0v) is 10.9. The van der Waals surface area contributed by atoms with Gasteiger partial charge in [-0.2, -0.15) is 0 Å². The zero-order chi connectivity index (χ0) is 12.8. The standard InChI is InChI=1S/C12H16N2O3S/c15-12(16)11-9-10(1-2-13-11)18-8-5-14-3-6-17-7-4-14/h1-2,9H,3-8H2,(H,15,16). The Labute approximate surface area is 110 Å². The van der Waals surface area contributed by atoms with E-state index in [4.69, 9.17) is 9.84 Å². The minimum atomic E-state index is -0.981. The van der Waals surface area contributed by atoms with Crippen LogP contribution in [0.2, 0.25) is 0 Å². The van der Waals surface area contributed by atoms with E-state index in [1.807, 2.05) is 6.07 Å². The van der Waals surface area contributed by atoms with Crippen LogP contribution in [0.15, 0.2) is 23.2 Å². The number of hydrogen-bond acceptors (Lipinski definition) is 5. The molecule has 0 spiro atoms. The number of hydrogen-bond donors (Lipinski definition) is 1. The van der Waals surface area contributed by atoms with Crippen LogP contribution >= 0.6 is 11.8 Å². The highest BCUT2D eigenvalue weighted by Crippen LogP contribution is 2.18. The first kappa shape index (κ1) is 13.3. The van der Waals surface area contributed by atoms with E-state index in [9.17, 15) is 4.79 Å². The third-order valence-corrected chi connectivity index (χ3v) is 3.70. The van der Waals surface area contributed by atoms with Crippen LogP contribution in [0.1, 0.15) is 10.5 Å². The number of carbonyl (C=O) groups is 1. The molecule has 1 aromatic rings. The molecule has 98 valence electrons. The van der Waals surface area contributed by atoms with Crippen molar-refractivity contribution >= 4 is 17.7 Å². The molecule has 0 saturated carbocycles. The zero-order valence-electron chi connectivity index (χ0n) is 10.0. The minimum Gasteiger partial charge on any atom is -0.477 e. The fourth-order valence-corrected chi connectivity index (χ4v) is 2.67. The number of carboxylic acids is 1. The molecule has 18 heavy (non-hydrogen) atoms. The van der Waals surface area contributed by atoms with E-state index in [1.165, 1.54) is 0 Å². The SMILES string of the molecule is O=C(O)c1cc(SCCN2CCOCC2)ccn1. The first-order chi connectivity index (χ1) is 8.75. The van der Waals surface area contributed by atoms with Gasteiger partial charge in [-0.1, -0.05) is 0 Å². The van der Waals surface area contributed by atoms with E-state index in [1.54, 1.807) is 24.0 Å². The quantitative estimate of drug-likeness (QED) is 0.810. The third kappa shape index (κ3) is 3.97. The Morgan fingerprint density at radius 3 is 3.00 bits per heavy atom. The van der Waals surface area contributed by atoms with Gasteiger partial charge in [0, 0.05) is 36.5 Å². The fourth-order valence-electron chi connectivity index (χ4n) is 1.74. The van der Waals surface area contributed by atoms with Crippen molar-refractivity contribution in [3.63, 3.8) is 0 Å². The highest BCUT2D eigenvalue weighted by Gasteiger charge is 2.10. The van der Waals surface area contributed by atoms with Crippen LogP contribution in [-0.2, 0) is 4.74 Å². The summed E-state index contributed by atoms with van der Waals surface area (Å²) in [5, 5.41) is 8.84. The molecular formula is C12H16N2O3S. The Bertz CT molecular complexity index is 408. The van der Waals surface area contributed by atoms with Crippen LogP contribution < -0.4 is 0 Å². The number of carboxylic acid groups (broad SMARTS) is 1. The Kier molecular flexibility index (Phi) is 4.98. The predicted molar refractivity (Wildman–Crippen MR) is 69.2 cm³/mol. The third-order valence-electron chi connectivity index (χ3n) is 2.73. The van der Waals surface area contributed by atoms with E-state index in [0.717, 1.165) is 43.5 Å². The van der Waals surface area contributed by atoms with Gasteiger partial charge in [0.1, 0.15) is 5.69 Å². The fraction of sp³-hybridized carbons (Fsp3) is 0.500. The van der Waals surface area contributed by atoms with Gasteiger partial charge in [0.05, 0.1) is 13.2 Å². The molecule has 6 heteroatoms. The molecular weight excluding hydrogens is 252 g/mol. The number of aromatic carboxylic acids is 1. The molecule has 1 aliphatic heterocycles. The van der Waals surface area contributed by atoms with Gasteiger partial charge in [0.2, 0.25) is 0 Å². The Balaban J connectivity index is 1.78. The maximum Gasteiger partial charge on any atom is 0.354 e. The average molecular weight is 268 g/mol.